The normalized spacial score (nSPS) is 16.2. The first-order valence-electron chi connectivity index (χ1n) is 6.43. The van der Waals surface area contributed by atoms with Gasteiger partial charge in [0.25, 0.3) is 0 Å². The van der Waals surface area contributed by atoms with Crippen molar-refractivity contribution in [2.24, 2.45) is 0 Å². The molecule has 1 fully saturated rings. The van der Waals surface area contributed by atoms with E-state index in [0.717, 1.165) is 32.7 Å². The summed E-state index contributed by atoms with van der Waals surface area (Å²) in [5.74, 6) is 0.199. The second-order valence-electron chi connectivity index (χ2n) is 4.62. The summed E-state index contributed by atoms with van der Waals surface area (Å²) in [5.41, 5.74) is 11.3. The lowest BCUT2D eigenvalue weighted by Crippen LogP contribution is -2.51. The van der Waals surface area contributed by atoms with Gasteiger partial charge in [0, 0.05) is 26.2 Å². The zero-order valence-corrected chi connectivity index (χ0v) is 12.9. The highest BCUT2D eigenvalue weighted by atomic mass is 32.3. The Morgan fingerprint density at radius 2 is 1.95 bits per heavy atom. The van der Waals surface area contributed by atoms with Crippen molar-refractivity contribution in [3.8, 4) is 0 Å². The molecule has 0 atom stereocenters. The molecule has 2 rings (SSSR count). The first kappa shape index (κ1) is 18.2. The summed E-state index contributed by atoms with van der Waals surface area (Å²) in [7, 11) is -4.73. The molecule has 0 spiro atoms. The van der Waals surface area contributed by atoms with Crippen LogP contribution in [0.15, 0.2) is 6.07 Å². The number of nitrogen functional groups attached to an aromatic ring is 2. The molecule has 0 bridgehead atoms. The van der Waals surface area contributed by atoms with Gasteiger partial charge in [-0.3, -0.25) is 4.55 Å². The van der Waals surface area contributed by atoms with Gasteiger partial charge in [-0.25, -0.2) is 4.28 Å². The van der Waals surface area contributed by atoms with Gasteiger partial charge < -0.3 is 26.7 Å². The van der Waals surface area contributed by atoms with Crippen LogP contribution in [0.5, 0.6) is 0 Å². The highest BCUT2D eigenvalue weighted by Gasteiger charge is 2.24. The molecule has 1 aliphatic rings. The van der Waals surface area contributed by atoms with Gasteiger partial charge in [0.05, 0.1) is 6.07 Å². The van der Waals surface area contributed by atoms with Gasteiger partial charge in [0.1, 0.15) is 0 Å². The van der Waals surface area contributed by atoms with Crippen molar-refractivity contribution < 1.29 is 27.5 Å². The minimum absolute atomic E-state index is 0. The largest absolute Gasteiger partial charge is 0.870 e. The number of likely N-dealkylation sites (N-methyl/N-ethyl adjacent to an activating group) is 1. The maximum atomic E-state index is 10.7. The predicted octanol–water partition coefficient (Wildman–Crippen LogP) is -2.27. The summed E-state index contributed by atoms with van der Waals surface area (Å²) >= 11 is 0. The molecule has 0 aliphatic carbocycles. The van der Waals surface area contributed by atoms with E-state index < -0.39 is 10.4 Å². The third-order valence-electron chi connectivity index (χ3n) is 3.26. The zero-order valence-electron chi connectivity index (χ0n) is 12.1. The van der Waals surface area contributed by atoms with Crippen molar-refractivity contribution in [1.82, 2.24) is 9.88 Å². The number of hydrogen-bond donors (Lipinski definition) is 3. The van der Waals surface area contributed by atoms with Crippen molar-refractivity contribution in [3.63, 3.8) is 0 Å². The number of piperazine rings is 1. The van der Waals surface area contributed by atoms with Gasteiger partial charge >= 0.3 is 16.3 Å². The van der Waals surface area contributed by atoms with E-state index in [1.165, 1.54) is 6.07 Å². The summed E-state index contributed by atoms with van der Waals surface area (Å²) in [6, 6.07) is 1.45. The third kappa shape index (κ3) is 4.30. The molecule has 1 aliphatic heterocycles. The molecule has 1 saturated heterocycles. The van der Waals surface area contributed by atoms with Crippen molar-refractivity contribution in [1.29, 1.82) is 0 Å². The third-order valence-corrected chi connectivity index (χ3v) is 3.60. The fraction of sp³-hybridized carbons (Fsp3) is 0.600. The fourth-order valence-corrected chi connectivity index (χ4v) is 2.50. The van der Waals surface area contributed by atoms with Crippen molar-refractivity contribution >= 4 is 28.0 Å². The number of nitrogens with two attached hydrogens (primary N) is 2. The molecule has 2 heterocycles. The van der Waals surface area contributed by atoms with Crippen LogP contribution in [-0.4, -0.2) is 61.1 Å². The molecule has 1 aromatic heterocycles. The van der Waals surface area contributed by atoms with Crippen LogP contribution in [0.25, 0.3) is 0 Å². The summed E-state index contributed by atoms with van der Waals surface area (Å²) in [6.07, 6.45) is 0. The van der Waals surface area contributed by atoms with E-state index >= 15 is 0 Å². The van der Waals surface area contributed by atoms with Crippen molar-refractivity contribution in [3.05, 3.63) is 6.07 Å². The van der Waals surface area contributed by atoms with Crippen LogP contribution in [0, 0.1) is 0 Å². The summed E-state index contributed by atoms with van der Waals surface area (Å²) in [6.45, 7) is 6.42. The molecule has 0 aromatic carbocycles. The van der Waals surface area contributed by atoms with E-state index in [1.807, 2.05) is 4.90 Å². The van der Waals surface area contributed by atoms with Crippen LogP contribution in [0.2, 0.25) is 0 Å². The van der Waals surface area contributed by atoms with Crippen LogP contribution in [-0.2, 0) is 10.4 Å². The number of hydrogen-bond acceptors (Lipinski definition) is 9. The van der Waals surface area contributed by atoms with Crippen LogP contribution in [0.4, 0.5) is 17.6 Å². The van der Waals surface area contributed by atoms with E-state index in [4.69, 9.17) is 16.0 Å². The number of aromatic nitrogens is 2. The molecule has 22 heavy (non-hydrogen) atoms. The highest BCUT2D eigenvalue weighted by molar-refractivity contribution is 7.80. The Hall–Kier alpha value is -1.89. The van der Waals surface area contributed by atoms with Crippen LogP contribution >= 0.6 is 0 Å². The molecule has 11 nitrogen and oxygen atoms in total. The Labute approximate surface area is 128 Å². The molecular weight excluding hydrogens is 316 g/mol. The average molecular weight is 336 g/mol. The maximum Gasteiger partial charge on any atom is 0.474 e. The number of anilines is 3. The molecule has 0 amide bonds. The molecule has 12 heteroatoms. The zero-order chi connectivity index (χ0) is 15.6. The van der Waals surface area contributed by atoms with Gasteiger partial charge in [-0.2, -0.15) is 8.42 Å². The Bertz CT molecular complexity index is 593. The molecule has 0 radical (unpaired) electrons. The van der Waals surface area contributed by atoms with E-state index in [-0.39, 0.29) is 17.2 Å². The Balaban J connectivity index is 0.00000242. The minimum Gasteiger partial charge on any atom is -0.870 e. The molecule has 6 N–H and O–H groups in total. The van der Waals surface area contributed by atoms with E-state index in [1.54, 1.807) is 0 Å². The van der Waals surface area contributed by atoms with Gasteiger partial charge in [-0.1, -0.05) is 11.9 Å². The topological polar surface area (TPSA) is 169 Å². The lowest BCUT2D eigenvalue weighted by Gasteiger charge is -2.33. The number of nitrogens with zero attached hydrogens (tertiary/aromatic N) is 4. The standard InChI is InChI=1S/C10H18N6O4S.H2O/c1-2-14-3-5-15(6-4-14)9-7-8(11)16(10(12)13-9)20-21(17,18)19;/h7H,2-6H2,1H3,(H4,11,12,13,17,18,19);1H2. The van der Waals surface area contributed by atoms with Crippen LogP contribution in [0.3, 0.4) is 0 Å². The van der Waals surface area contributed by atoms with Gasteiger partial charge in [0.15, 0.2) is 5.82 Å². The summed E-state index contributed by atoms with van der Waals surface area (Å²) in [5, 5.41) is 0. The summed E-state index contributed by atoms with van der Waals surface area (Å²) < 4.78 is 34.9. The minimum atomic E-state index is -4.73. The SMILES string of the molecule is CCN1CCN(c2cc(N)[n+](OS(=O)(=O)O)c(N)n2)CC1.[OH-]. The monoisotopic (exact) mass is 336 g/mol. The van der Waals surface area contributed by atoms with Crippen molar-refractivity contribution in [2.75, 3.05) is 49.1 Å². The Morgan fingerprint density at radius 1 is 1.36 bits per heavy atom. The predicted molar refractivity (Wildman–Crippen MR) is 77.6 cm³/mol. The molecule has 0 saturated carbocycles. The second kappa shape index (κ2) is 6.91. The Kier molecular flexibility index (Phi) is 5.71. The molecule has 126 valence electrons. The van der Waals surface area contributed by atoms with Gasteiger partial charge in [-0.15, -0.1) is 0 Å². The lowest BCUT2D eigenvalue weighted by molar-refractivity contribution is -0.835. The number of rotatable bonds is 4. The first-order valence-corrected chi connectivity index (χ1v) is 7.79. The first-order chi connectivity index (χ1) is 9.80. The van der Waals surface area contributed by atoms with E-state index in [0.29, 0.717) is 10.5 Å². The second-order valence-corrected chi connectivity index (χ2v) is 5.62. The van der Waals surface area contributed by atoms with Crippen LogP contribution < -0.4 is 25.4 Å². The van der Waals surface area contributed by atoms with E-state index in [9.17, 15) is 8.42 Å². The quantitative estimate of drug-likeness (QED) is 0.402. The highest BCUT2D eigenvalue weighted by Crippen LogP contribution is 2.16. The fourth-order valence-electron chi connectivity index (χ4n) is 2.15. The van der Waals surface area contributed by atoms with Crippen molar-refractivity contribution in [2.45, 2.75) is 6.92 Å². The molecule has 1 aromatic rings. The summed E-state index contributed by atoms with van der Waals surface area (Å²) in [4.78, 5) is 8.36. The Morgan fingerprint density at radius 3 is 2.41 bits per heavy atom. The van der Waals surface area contributed by atoms with Gasteiger partial charge in [0.2, 0.25) is 5.82 Å². The van der Waals surface area contributed by atoms with Crippen LogP contribution in [0.1, 0.15) is 6.92 Å². The smallest absolute Gasteiger partial charge is 0.474 e. The lowest BCUT2D eigenvalue weighted by atomic mass is 10.3. The van der Waals surface area contributed by atoms with E-state index in [2.05, 4.69) is 21.1 Å². The molecular formula is C10H20N6O5S. The molecule has 0 unspecified atom stereocenters. The average Bonchev–Trinajstić information content (AvgIpc) is 2.42. The maximum absolute atomic E-state index is 10.7. The van der Waals surface area contributed by atoms with Gasteiger partial charge in [-0.05, 0) is 11.3 Å².